The van der Waals surface area contributed by atoms with Crippen molar-refractivity contribution in [3.8, 4) is 0 Å². The van der Waals surface area contributed by atoms with Gasteiger partial charge in [-0.2, -0.15) is 0 Å². The highest BCUT2D eigenvalue weighted by molar-refractivity contribution is 7.99. The highest BCUT2D eigenvalue weighted by atomic mass is 32.2. The number of aromatic nitrogens is 2. The van der Waals surface area contributed by atoms with Crippen LogP contribution in [-0.4, -0.2) is 34.3 Å². The maximum atomic E-state index is 11.7. The fourth-order valence-electron chi connectivity index (χ4n) is 2.25. The van der Waals surface area contributed by atoms with Crippen LogP contribution in [0.5, 0.6) is 0 Å². The van der Waals surface area contributed by atoms with Gasteiger partial charge >= 0.3 is 6.03 Å². The molecule has 3 amide bonds. The number of para-hydroxylation sites is 2. The lowest BCUT2D eigenvalue weighted by molar-refractivity contribution is -0.119. The Morgan fingerprint density at radius 3 is 2.75 bits per heavy atom. The number of benzene rings is 1. The number of carbonyl (C=O) groups is 2. The van der Waals surface area contributed by atoms with Crippen LogP contribution in [0.4, 0.5) is 4.79 Å². The van der Waals surface area contributed by atoms with Crippen molar-refractivity contribution in [3.63, 3.8) is 0 Å². The number of imide groups is 1. The first kappa shape index (κ1) is 18.3. The summed E-state index contributed by atoms with van der Waals surface area (Å²) >= 11 is 1.55. The third-order valence-electron chi connectivity index (χ3n) is 3.59. The molecule has 0 spiro atoms. The fraction of sp³-hybridized carbons (Fsp3) is 0.471. The molecule has 2 aromatic rings. The molecule has 1 aromatic carbocycles. The predicted octanol–water partition coefficient (Wildman–Crippen LogP) is 3.02. The maximum absolute atomic E-state index is 11.7. The minimum absolute atomic E-state index is 0.269. The Balaban J connectivity index is 2.03. The molecule has 1 aromatic heterocycles. The van der Waals surface area contributed by atoms with Gasteiger partial charge in [0.25, 0.3) is 0 Å². The van der Waals surface area contributed by atoms with Crippen molar-refractivity contribution in [1.82, 2.24) is 20.2 Å². The molecule has 0 bridgehead atoms. The van der Waals surface area contributed by atoms with E-state index >= 15 is 0 Å². The Bertz CT molecular complexity index is 712. The number of carbonyl (C=O) groups excluding carboxylic acids is 2. The van der Waals surface area contributed by atoms with Gasteiger partial charge < -0.3 is 9.88 Å². The lowest BCUT2D eigenvalue weighted by atomic mass is 10.1. The normalized spacial score (nSPS) is 11.0. The Hall–Kier alpha value is -2.02. The molecule has 0 atom stereocenters. The van der Waals surface area contributed by atoms with Crippen LogP contribution in [0.15, 0.2) is 29.4 Å². The molecule has 0 saturated heterocycles. The fourth-order valence-corrected chi connectivity index (χ4v) is 3.23. The number of aryl methyl sites for hydroxylation is 1. The molecule has 24 heavy (non-hydrogen) atoms. The largest absolute Gasteiger partial charge is 0.341 e. The number of rotatable bonds is 7. The van der Waals surface area contributed by atoms with Gasteiger partial charge in [-0.1, -0.05) is 37.7 Å². The van der Waals surface area contributed by atoms with Gasteiger partial charge in [0, 0.05) is 25.8 Å². The van der Waals surface area contributed by atoms with Gasteiger partial charge in [-0.25, -0.2) is 9.78 Å². The summed E-state index contributed by atoms with van der Waals surface area (Å²) in [7, 11) is 1.48. The zero-order chi connectivity index (χ0) is 17.5. The minimum Gasteiger partial charge on any atom is -0.341 e. The predicted molar refractivity (Wildman–Crippen MR) is 97.1 cm³/mol. The number of hydrogen-bond acceptors (Lipinski definition) is 4. The van der Waals surface area contributed by atoms with Crippen LogP contribution in [-0.2, 0) is 11.3 Å². The zero-order valence-electron chi connectivity index (χ0n) is 14.3. The van der Waals surface area contributed by atoms with Crippen molar-refractivity contribution >= 4 is 34.7 Å². The lowest BCUT2D eigenvalue weighted by Crippen LogP contribution is -2.37. The van der Waals surface area contributed by atoms with E-state index in [9.17, 15) is 9.59 Å². The van der Waals surface area contributed by atoms with Gasteiger partial charge in [0.05, 0.1) is 11.0 Å². The monoisotopic (exact) mass is 348 g/mol. The number of hydrogen-bond donors (Lipinski definition) is 2. The Labute approximate surface area is 146 Å². The second kappa shape index (κ2) is 8.73. The molecule has 0 aliphatic rings. The molecular weight excluding hydrogens is 324 g/mol. The van der Waals surface area contributed by atoms with Crippen LogP contribution in [0.25, 0.3) is 11.0 Å². The molecule has 1 heterocycles. The number of nitrogens with one attached hydrogen (secondary N) is 2. The third kappa shape index (κ3) is 4.99. The summed E-state index contributed by atoms with van der Waals surface area (Å²) in [4.78, 5) is 27.5. The highest BCUT2D eigenvalue weighted by Gasteiger charge is 2.12. The molecule has 0 aliphatic carbocycles. The molecule has 7 heteroatoms. The average Bonchev–Trinajstić information content (AvgIpc) is 2.90. The van der Waals surface area contributed by atoms with E-state index in [1.165, 1.54) is 7.05 Å². The molecule has 130 valence electrons. The Kier molecular flexibility index (Phi) is 6.66. The van der Waals surface area contributed by atoms with E-state index < -0.39 is 6.03 Å². The smallest absolute Gasteiger partial charge is 0.321 e. The van der Waals surface area contributed by atoms with Gasteiger partial charge in [0.15, 0.2) is 5.16 Å². The van der Waals surface area contributed by atoms with E-state index in [0.29, 0.717) is 11.7 Å². The molecule has 2 N–H and O–H groups in total. The van der Waals surface area contributed by atoms with Crippen molar-refractivity contribution in [3.05, 3.63) is 24.3 Å². The van der Waals surface area contributed by atoms with Crippen molar-refractivity contribution in [2.24, 2.45) is 5.92 Å². The zero-order valence-corrected chi connectivity index (χ0v) is 15.2. The molecule has 0 radical (unpaired) electrons. The number of imidazole rings is 1. The average molecular weight is 348 g/mol. The van der Waals surface area contributed by atoms with Crippen LogP contribution in [0.2, 0.25) is 0 Å². The molecular formula is C17H24N4O2S. The summed E-state index contributed by atoms with van der Waals surface area (Å²) in [6.45, 7) is 5.31. The van der Waals surface area contributed by atoms with Crippen LogP contribution < -0.4 is 10.6 Å². The lowest BCUT2D eigenvalue weighted by Gasteiger charge is -2.10. The maximum Gasteiger partial charge on any atom is 0.321 e. The molecule has 0 aliphatic heterocycles. The SMILES string of the molecule is CNC(=O)NC(=O)CCSc1nc2ccccc2n1CCC(C)C. The standard InChI is InChI=1S/C17H24N4O2S/c1-12(2)8-10-21-14-7-5-4-6-13(14)19-17(21)24-11-9-15(22)20-16(23)18-3/h4-7,12H,8-11H2,1-3H3,(H2,18,20,22,23). The molecule has 6 nitrogen and oxygen atoms in total. The first-order chi connectivity index (χ1) is 11.5. The van der Waals surface area contributed by atoms with Gasteiger partial charge in [0.1, 0.15) is 0 Å². The third-order valence-corrected chi connectivity index (χ3v) is 4.57. The number of nitrogens with zero attached hydrogens (tertiary/aromatic N) is 2. The Morgan fingerprint density at radius 1 is 1.29 bits per heavy atom. The van der Waals surface area contributed by atoms with E-state index in [0.717, 1.165) is 29.2 Å². The minimum atomic E-state index is -0.478. The van der Waals surface area contributed by atoms with Gasteiger partial charge in [0.2, 0.25) is 5.91 Å². The first-order valence-electron chi connectivity index (χ1n) is 8.11. The second-order valence-corrected chi connectivity index (χ2v) is 7.01. The quantitative estimate of drug-likeness (QED) is 0.754. The van der Waals surface area contributed by atoms with Gasteiger partial charge in [-0.3, -0.25) is 10.1 Å². The van der Waals surface area contributed by atoms with Crippen LogP contribution in [0.1, 0.15) is 26.7 Å². The second-order valence-electron chi connectivity index (χ2n) is 5.94. The van der Waals surface area contributed by atoms with Crippen molar-refractivity contribution < 1.29 is 9.59 Å². The van der Waals surface area contributed by atoms with E-state index in [1.807, 2.05) is 18.2 Å². The first-order valence-corrected chi connectivity index (χ1v) is 9.09. The van der Waals surface area contributed by atoms with Crippen molar-refractivity contribution in [1.29, 1.82) is 0 Å². The van der Waals surface area contributed by atoms with Gasteiger partial charge in [-0.05, 0) is 24.5 Å². The van der Waals surface area contributed by atoms with Gasteiger partial charge in [-0.15, -0.1) is 0 Å². The summed E-state index contributed by atoms with van der Waals surface area (Å²) in [6, 6.07) is 7.59. The van der Waals surface area contributed by atoms with Crippen molar-refractivity contribution in [2.45, 2.75) is 38.4 Å². The van der Waals surface area contributed by atoms with E-state index in [-0.39, 0.29) is 12.3 Å². The number of amides is 3. The summed E-state index contributed by atoms with van der Waals surface area (Å²) in [5.41, 5.74) is 2.09. The van der Waals surface area contributed by atoms with Crippen molar-refractivity contribution in [2.75, 3.05) is 12.8 Å². The molecule has 0 unspecified atom stereocenters. The number of thioether (sulfide) groups is 1. The molecule has 0 saturated carbocycles. The molecule has 2 rings (SSSR count). The number of fused-ring (bicyclic) bond motifs is 1. The highest BCUT2D eigenvalue weighted by Crippen LogP contribution is 2.25. The van der Waals surface area contributed by atoms with E-state index in [2.05, 4.69) is 40.1 Å². The number of urea groups is 1. The van der Waals surface area contributed by atoms with E-state index in [1.54, 1.807) is 11.8 Å². The summed E-state index contributed by atoms with van der Waals surface area (Å²) in [5, 5.41) is 5.55. The topological polar surface area (TPSA) is 76.0 Å². The summed E-state index contributed by atoms with van der Waals surface area (Å²) < 4.78 is 2.22. The summed E-state index contributed by atoms with van der Waals surface area (Å²) in [6.07, 6.45) is 1.34. The van der Waals surface area contributed by atoms with Crippen LogP contribution >= 0.6 is 11.8 Å². The Morgan fingerprint density at radius 2 is 2.04 bits per heavy atom. The molecule has 0 fully saturated rings. The van der Waals surface area contributed by atoms with E-state index in [4.69, 9.17) is 0 Å². The van der Waals surface area contributed by atoms with Crippen LogP contribution in [0.3, 0.4) is 0 Å². The summed E-state index contributed by atoms with van der Waals surface area (Å²) in [5.74, 6) is 0.905. The van der Waals surface area contributed by atoms with Crippen LogP contribution in [0, 0.1) is 5.92 Å².